The Morgan fingerprint density at radius 1 is 0.352 bits per heavy atom. The van der Waals surface area contributed by atoms with Gasteiger partial charge in [-0.25, -0.2) is 0 Å². The van der Waals surface area contributed by atoms with E-state index in [2.05, 4.69) is 219 Å². The molecule has 0 bridgehead atoms. The third-order valence-electron chi connectivity index (χ3n) is 11.5. The van der Waals surface area contributed by atoms with Gasteiger partial charge in [0.25, 0.3) is 0 Å². The Bertz CT molecular complexity index is 2830. The molecule has 0 atom stereocenters. The first-order valence-corrected chi connectivity index (χ1v) is 18.9. The number of fused-ring (bicyclic) bond motifs is 6. The fourth-order valence-electron chi connectivity index (χ4n) is 8.83. The summed E-state index contributed by atoms with van der Waals surface area (Å²) in [6.45, 7) is 4.72. The minimum Gasteiger partial charge on any atom is -0.310 e. The van der Waals surface area contributed by atoms with Crippen LogP contribution in [0.5, 0.6) is 0 Å². The first-order valence-electron chi connectivity index (χ1n) is 18.9. The fourth-order valence-corrected chi connectivity index (χ4v) is 8.83. The highest BCUT2D eigenvalue weighted by molar-refractivity contribution is 6.14. The van der Waals surface area contributed by atoms with Crippen molar-refractivity contribution in [1.82, 2.24) is 0 Å². The van der Waals surface area contributed by atoms with E-state index in [0.717, 1.165) is 17.1 Å². The second kappa shape index (κ2) is 12.8. The molecular weight excluding hydrogens is 651 g/mol. The SMILES string of the molecule is CC1(C)c2ccccc2-c2ccc(N(c3ccc(-c4ccccc4)cc3)c3cccc(-c4cccc5c4ccc4ccccc45)c3-c3ccccc3)cc21. The van der Waals surface area contributed by atoms with Crippen molar-refractivity contribution in [3.63, 3.8) is 0 Å². The zero-order chi connectivity index (χ0) is 36.2. The van der Waals surface area contributed by atoms with Crippen LogP contribution in [0.2, 0.25) is 0 Å². The predicted molar refractivity (Wildman–Crippen MR) is 230 cm³/mol. The summed E-state index contributed by atoms with van der Waals surface area (Å²) < 4.78 is 0. The summed E-state index contributed by atoms with van der Waals surface area (Å²) in [5.41, 5.74) is 15.9. The highest BCUT2D eigenvalue weighted by Crippen LogP contribution is 2.52. The standard InChI is InChI=1S/C53H39N/c1-53(2)49-25-12-11-21-46(49)47-34-32-41(35-50(47)53)54(40-30-27-37(28-31-40)36-15-5-3-6-16-36)51-26-14-24-48(52(51)39-18-7-4-8-19-39)44-23-13-22-43-42-20-10-9-17-38(42)29-33-45(43)44/h3-35H,1-2H3. The van der Waals surface area contributed by atoms with E-state index in [9.17, 15) is 0 Å². The summed E-state index contributed by atoms with van der Waals surface area (Å²) >= 11 is 0. The molecule has 10 rings (SSSR count). The van der Waals surface area contributed by atoms with Crippen molar-refractivity contribution in [1.29, 1.82) is 0 Å². The monoisotopic (exact) mass is 689 g/mol. The van der Waals surface area contributed by atoms with Gasteiger partial charge in [-0.1, -0.05) is 184 Å². The maximum absolute atomic E-state index is 2.47. The first kappa shape index (κ1) is 32.0. The number of anilines is 3. The van der Waals surface area contributed by atoms with Crippen molar-refractivity contribution in [3.8, 4) is 44.5 Å². The summed E-state index contributed by atoms with van der Waals surface area (Å²) in [5.74, 6) is 0. The van der Waals surface area contributed by atoms with Gasteiger partial charge in [0.15, 0.2) is 0 Å². The fraction of sp³-hybridized carbons (Fsp3) is 0.0566. The Morgan fingerprint density at radius 3 is 1.76 bits per heavy atom. The number of hydrogen-bond donors (Lipinski definition) is 0. The zero-order valence-corrected chi connectivity index (χ0v) is 30.5. The molecule has 256 valence electrons. The molecule has 1 heteroatoms. The van der Waals surface area contributed by atoms with Crippen LogP contribution in [0.4, 0.5) is 17.1 Å². The summed E-state index contributed by atoms with van der Waals surface area (Å²) in [5, 5.41) is 5.05. The Morgan fingerprint density at radius 2 is 0.944 bits per heavy atom. The molecule has 0 spiro atoms. The molecule has 1 aliphatic carbocycles. The van der Waals surface area contributed by atoms with Gasteiger partial charge in [0.2, 0.25) is 0 Å². The van der Waals surface area contributed by atoms with Gasteiger partial charge in [-0.05, 0) is 102 Å². The molecule has 0 amide bonds. The number of benzene rings is 9. The van der Waals surface area contributed by atoms with Crippen molar-refractivity contribution >= 4 is 38.6 Å². The molecule has 0 saturated heterocycles. The van der Waals surface area contributed by atoms with Gasteiger partial charge in [0.05, 0.1) is 5.69 Å². The van der Waals surface area contributed by atoms with Crippen molar-refractivity contribution in [3.05, 3.63) is 211 Å². The van der Waals surface area contributed by atoms with E-state index >= 15 is 0 Å². The number of rotatable bonds is 6. The molecule has 0 saturated carbocycles. The summed E-state index contributed by atoms with van der Waals surface area (Å²) in [6.07, 6.45) is 0. The van der Waals surface area contributed by atoms with Crippen LogP contribution in [0.25, 0.3) is 66.1 Å². The van der Waals surface area contributed by atoms with Crippen molar-refractivity contribution in [2.45, 2.75) is 19.3 Å². The molecule has 1 nitrogen and oxygen atoms in total. The van der Waals surface area contributed by atoms with Crippen LogP contribution in [0.1, 0.15) is 25.0 Å². The Hall–Kier alpha value is -6.70. The first-order chi connectivity index (χ1) is 26.6. The van der Waals surface area contributed by atoms with Gasteiger partial charge in [-0.3, -0.25) is 0 Å². The van der Waals surface area contributed by atoms with Gasteiger partial charge < -0.3 is 4.90 Å². The summed E-state index contributed by atoms with van der Waals surface area (Å²) in [4.78, 5) is 2.47. The highest BCUT2D eigenvalue weighted by Gasteiger charge is 2.36. The predicted octanol–water partition coefficient (Wildman–Crippen LogP) is 14.8. The molecule has 0 aromatic heterocycles. The largest absolute Gasteiger partial charge is 0.310 e. The molecular formula is C53H39N. The lowest BCUT2D eigenvalue weighted by Crippen LogP contribution is -2.17. The number of nitrogens with zero attached hydrogens (tertiary/aromatic N) is 1. The lowest BCUT2D eigenvalue weighted by molar-refractivity contribution is 0.660. The molecule has 0 fully saturated rings. The average molecular weight is 690 g/mol. The van der Waals surface area contributed by atoms with E-state index in [1.165, 1.54) is 77.2 Å². The second-order valence-electron chi connectivity index (χ2n) is 14.9. The minimum atomic E-state index is -0.124. The molecule has 54 heavy (non-hydrogen) atoms. The highest BCUT2D eigenvalue weighted by atomic mass is 15.1. The van der Waals surface area contributed by atoms with Crippen LogP contribution >= 0.6 is 0 Å². The van der Waals surface area contributed by atoms with Gasteiger partial charge in [0, 0.05) is 22.4 Å². The van der Waals surface area contributed by atoms with E-state index < -0.39 is 0 Å². The molecule has 1 aliphatic rings. The van der Waals surface area contributed by atoms with E-state index in [0.29, 0.717) is 0 Å². The average Bonchev–Trinajstić information content (AvgIpc) is 3.47. The molecule has 9 aromatic carbocycles. The molecule has 9 aromatic rings. The van der Waals surface area contributed by atoms with Crippen LogP contribution < -0.4 is 4.90 Å². The Balaban J connectivity index is 1.23. The third kappa shape index (κ3) is 5.16. The molecule has 0 aliphatic heterocycles. The quantitative estimate of drug-likeness (QED) is 0.157. The van der Waals surface area contributed by atoms with E-state index in [1.54, 1.807) is 0 Å². The van der Waals surface area contributed by atoms with Gasteiger partial charge in [-0.15, -0.1) is 0 Å². The molecule has 0 radical (unpaired) electrons. The molecule has 0 unspecified atom stereocenters. The number of hydrogen-bond acceptors (Lipinski definition) is 1. The smallest absolute Gasteiger partial charge is 0.0546 e. The van der Waals surface area contributed by atoms with Crippen molar-refractivity contribution in [2.75, 3.05) is 4.90 Å². The zero-order valence-electron chi connectivity index (χ0n) is 30.5. The maximum atomic E-state index is 2.47. The van der Waals surface area contributed by atoms with Crippen LogP contribution in [0.3, 0.4) is 0 Å². The van der Waals surface area contributed by atoms with Gasteiger partial charge >= 0.3 is 0 Å². The summed E-state index contributed by atoms with van der Waals surface area (Å²) in [7, 11) is 0. The molecule has 0 heterocycles. The van der Waals surface area contributed by atoms with Crippen LogP contribution in [-0.2, 0) is 5.41 Å². The van der Waals surface area contributed by atoms with Crippen molar-refractivity contribution in [2.24, 2.45) is 0 Å². The maximum Gasteiger partial charge on any atom is 0.0546 e. The second-order valence-corrected chi connectivity index (χ2v) is 14.9. The lowest BCUT2D eigenvalue weighted by Gasteiger charge is -2.31. The van der Waals surface area contributed by atoms with Crippen LogP contribution in [0, 0.1) is 0 Å². The van der Waals surface area contributed by atoms with Crippen LogP contribution in [0.15, 0.2) is 200 Å². The Kier molecular flexibility index (Phi) is 7.56. The van der Waals surface area contributed by atoms with Crippen LogP contribution in [-0.4, -0.2) is 0 Å². The molecule has 0 N–H and O–H groups in total. The lowest BCUT2D eigenvalue weighted by atomic mass is 9.82. The normalized spacial score (nSPS) is 12.8. The third-order valence-corrected chi connectivity index (χ3v) is 11.5. The topological polar surface area (TPSA) is 3.24 Å². The summed E-state index contributed by atoms with van der Waals surface area (Å²) in [6, 6.07) is 73.5. The minimum absolute atomic E-state index is 0.124. The van der Waals surface area contributed by atoms with E-state index in [1.807, 2.05) is 0 Å². The van der Waals surface area contributed by atoms with E-state index in [4.69, 9.17) is 0 Å². The Labute approximate surface area is 317 Å². The van der Waals surface area contributed by atoms with Gasteiger partial charge in [-0.2, -0.15) is 0 Å². The van der Waals surface area contributed by atoms with Gasteiger partial charge in [0.1, 0.15) is 0 Å². The van der Waals surface area contributed by atoms with E-state index in [-0.39, 0.29) is 5.41 Å². The van der Waals surface area contributed by atoms with Crippen molar-refractivity contribution < 1.29 is 0 Å².